The maximum absolute atomic E-state index is 11.6. The predicted molar refractivity (Wildman–Crippen MR) is 79.8 cm³/mol. The molecule has 0 aromatic carbocycles. The van der Waals surface area contributed by atoms with Gasteiger partial charge in [0, 0.05) is 6.04 Å². The van der Waals surface area contributed by atoms with Crippen LogP contribution in [0.4, 0.5) is 0 Å². The van der Waals surface area contributed by atoms with Crippen LogP contribution in [-0.2, 0) is 9.59 Å². The fourth-order valence-electron chi connectivity index (χ4n) is 2.96. The van der Waals surface area contributed by atoms with E-state index in [1.807, 2.05) is 0 Å². The van der Waals surface area contributed by atoms with Crippen LogP contribution in [0.3, 0.4) is 0 Å². The van der Waals surface area contributed by atoms with Gasteiger partial charge in [-0.15, -0.1) is 0 Å². The highest BCUT2D eigenvalue weighted by atomic mass is 16.4. The van der Waals surface area contributed by atoms with Gasteiger partial charge in [0.15, 0.2) is 0 Å². The van der Waals surface area contributed by atoms with Gasteiger partial charge in [0.1, 0.15) is 6.04 Å². The molecule has 9 heteroatoms. The second-order valence-corrected chi connectivity index (χ2v) is 6.05. The average molecular weight is 316 g/mol. The van der Waals surface area contributed by atoms with E-state index in [0.717, 1.165) is 0 Å². The third-order valence-corrected chi connectivity index (χ3v) is 4.31. The molecule has 0 saturated heterocycles. The summed E-state index contributed by atoms with van der Waals surface area (Å²) >= 11 is 0. The Balaban J connectivity index is 2.52. The van der Waals surface area contributed by atoms with E-state index in [1.54, 1.807) is 0 Å². The average Bonchev–Trinajstić information content (AvgIpc) is 2.87. The smallest absolute Gasteiger partial charge is 0.451 e. The number of aliphatic hydroxyl groups excluding tert-OH is 1. The van der Waals surface area contributed by atoms with E-state index in [1.165, 1.54) is 0 Å². The lowest BCUT2D eigenvalue weighted by molar-refractivity contribution is -0.149. The SMILES string of the molecule is N[C@@H](CO)C(=O)N[C@H]1CC[C@@](CCCCB(O)O)(C(=O)O)C1. The number of hydrogen-bond acceptors (Lipinski definition) is 6. The molecule has 0 bridgehead atoms. The monoisotopic (exact) mass is 316 g/mol. The molecule has 1 aliphatic carbocycles. The van der Waals surface area contributed by atoms with Gasteiger partial charge in [-0.3, -0.25) is 9.59 Å². The summed E-state index contributed by atoms with van der Waals surface area (Å²) in [5, 5.41) is 38.6. The Hall–Kier alpha value is -1.16. The van der Waals surface area contributed by atoms with Gasteiger partial charge in [-0.1, -0.05) is 12.8 Å². The highest BCUT2D eigenvalue weighted by Gasteiger charge is 2.45. The summed E-state index contributed by atoms with van der Waals surface area (Å²) in [6, 6.07) is -1.25. The number of nitrogens with two attached hydrogens (primary N) is 1. The number of carbonyl (C=O) groups is 2. The first-order chi connectivity index (χ1) is 10.3. The minimum atomic E-state index is -1.36. The van der Waals surface area contributed by atoms with Gasteiger partial charge in [-0.25, -0.2) is 0 Å². The van der Waals surface area contributed by atoms with Crippen LogP contribution in [0.25, 0.3) is 0 Å². The number of aliphatic hydroxyl groups is 1. The minimum Gasteiger partial charge on any atom is -0.481 e. The summed E-state index contributed by atoms with van der Waals surface area (Å²) < 4.78 is 0. The second-order valence-electron chi connectivity index (χ2n) is 6.05. The van der Waals surface area contributed by atoms with Crippen molar-refractivity contribution in [2.24, 2.45) is 11.1 Å². The summed E-state index contributed by atoms with van der Waals surface area (Å²) in [4.78, 5) is 23.2. The summed E-state index contributed by atoms with van der Waals surface area (Å²) in [7, 11) is -1.36. The number of amides is 1. The topological polar surface area (TPSA) is 153 Å². The number of unbranched alkanes of at least 4 members (excludes halogenated alkanes) is 1. The first-order valence-electron chi connectivity index (χ1n) is 7.57. The van der Waals surface area contributed by atoms with Gasteiger partial charge in [0.2, 0.25) is 5.91 Å². The highest BCUT2D eigenvalue weighted by molar-refractivity contribution is 6.40. The molecule has 1 aliphatic rings. The maximum atomic E-state index is 11.6. The lowest BCUT2D eigenvalue weighted by atomic mass is 9.78. The van der Waals surface area contributed by atoms with Gasteiger partial charge in [0.25, 0.3) is 0 Å². The summed E-state index contributed by atoms with van der Waals surface area (Å²) in [6.07, 6.45) is 3.13. The molecule has 0 aromatic rings. The number of carbonyl (C=O) groups excluding carboxylic acids is 1. The molecule has 0 aliphatic heterocycles. The Morgan fingerprint density at radius 2 is 2.05 bits per heavy atom. The zero-order valence-corrected chi connectivity index (χ0v) is 12.6. The summed E-state index contributed by atoms with van der Waals surface area (Å²) in [5.41, 5.74) is 4.54. The van der Waals surface area contributed by atoms with Crippen LogP contribution in [0.2, 0.25) is 6.32 Å². The molecule has 1 fully saturated rings. The van der Waals surface area contributed by atoms with Gasteiger partial charge in [-0.2, -0.15) is 0 Å². The van der Waals surface area contributed by atoms with Crippen LogP contribution in [0.1, 0.15) is 38.5 Å². The van der Waals surface area contributed by atoms with E-state index in [-0.39, 0.29) is 12.4 Å². The lowest BCUT2D eigenvalue weighted by Gasteiger charge is -2.25. The van der Waals surface area contributed by atoms with Crippen molar-refractivity contribution in [1.82, 2.24) is 5.32 Å². The largest absolute Gasteiger partial charge is 0.481 e. The standard InChI is InChI=1S/C13H25BN2O6/c15-10(8-17)11(18)16-9-3-5-13(7-9,12(19)20)4-1-2-6-14(21)22/h9-10,17,21-22H,1-8,15H2,(H,16,18)(H,19,20)/t9-,10-,13+/m0/s1. The van der Waals surface area contributed by atoms with E-state index < -0.39 is 37.1 Å². The van der Waals surface area contributed by atoms with E-state index >= 15 is 0 Å². The number of aliphatic carboxylic acids is 1. The van der Waals surface area contributed by atoms with Crippen molar-refractivity contribution in [3.8, 4) is 0 Å². The molecule has 0 unspecified atom stereocenters. The first-order valence-corrected chi connectivity index (χ1v) is 7.57. The third kappa shape index (κ3) is 5.24. The fraction of sp³-hybridized carbons (Fsp3) is 0.846. The Bertz CT molecular complexity index is 395. The molecule has 1 amide bonds. The van der Waals surface area contributed by atoms with Crippen LogP contribution >= 0.6 is 0 Å². The molecule has 0 spiro atoms. The second kappa shape index (κ2) is 8.47. The number of nitrogens with one attached hydrogen (secondary N) is 1. The van der Waals surface area contributed by atoms with E-state index in [0.29, 0.717) is 38.5 Å². The van der Waals surface area contributed by atoms with Gasteiger partial charge >= 0.3 is 13.1 Å². The van der Waals surface area contributed by atoms with Crippen LogP contribution in [0.15, 0.2) is 0 Å². The van der Waals surface area contributed by atoms with Crippen molar-refractivity contribution in [3.63, 3.8) is 0 Å². The molecule has 1 rings (SSSR count). The highest BCUT2D eigenvalue weighted by Crippen LogP contribution is 2.43. The van der Waals surface area contributed by atoms with E-state index in [4.69, 9.17) is 20.9 Å². The van der Waals surface area contributed by atoms with Crippen molar-refractivity contribution >= 4 is 19.0 Å². The molecule has 7 N–H and O–H groups in total. The lowest BCUT2D eigenvalue weighted by Crippen LogP contribution is -2.47. The van der Waals surface area contributed by atoms with Gasteiger partial charge < -0.3 is 31.3 Å². The number of hydrogen-bond donors (Lipinski definition) is 6. The van der Waals surface area contributed by atoms with Gasteiger partial charge in [-0.05, 0) is 32.0 Å². The quantitative estimate of drug-likeness (QED) is 0.228. The molecule has 22 heavy (non-hydrogen) atoms. The Labute approximate surface area is 129 Å². The Morgan fingerprint density at radius 1 is 1.36 bits per heavy atom. The normalized spacial score (nSPS) is 25.7. The first kappa shape index (κ1) is 18.9. The number of carboxylic acids is 1. The molecular formula is C13H25BN2O6. The molecule has 1 saturated carbocycles. The van der Waals surface area contributed by atoms with Crippen LogP contribution in [0, 0.1) is 5.41 Å². The Morgan fingerprint density at radius 3 is 2.59 bits per heavy atom. The molecule has 8 nitrogen and oxygen atoms in total. The maximum Gasteiger partial charge on any atom is 0.451 e. The van der Waals surface area contributed by atoms with Crippen molar-refractivity contribution < 1.29 is 29.9 Å². The fourth-order valence-corrected chi connectivity index (χ4v) is 2.96. The molecular weight excluding hydrogens is 291 g/mol. The van der Waals surface area contributed by atoms with Crippen molar-refractivity contribution in [2.75, 3.05) is 6.61 Å². The van der Waals surface area contributed by atoms with Crippen molar-refractivity contribution in [3.05, 3.63) is 0 Å². The van der Waals surface area contributed by atoms with E-state index in [9.17, 15) is 14.7 Å². The molecule has 3 atom stereocenters. The number of carboxylic acid groups (broad SMARTS) is 1. The summed E-state index contributed by atoms with van der Waals surface area (Å²) in [5.74, 6) is -1.36. The molecule has 0 aromatic heterocycles. The zero-order valence-electron chi connectivity index (χ0n) is 12.6. The zero-order chi connectivity index (χ0) is 16.8. The minimum absolute atomic E-state index is 0.223. The predicted octanol–water partition coefficient (Wildman–Crippen LogP) is -1.31. The van der Waals surface area contributed by atoms with Crippen LogP contribution in [-0.4, -0.2) is 57.9 Å². The number of rotatable bonds is 9. The summed E-state index contributed by atoms with van der Waals surface area (Å²) in [6.45, 7) is -0.452. The van der Waals surface area contributed by atoms with Crippen molar-refractivity contribution in [1.29, 1.82) is 0 Å². The van der Waals surface area contributed by atoms with Crippen LogP contribution < -0.4 is 11.1 Å². The molecule has 0 heterocycles. The molecule has 126 valence electrons. The molecule has 0 radical (unpaired) electrons. The van der Waals surface area contributed by atoms with E-state index in [2.05, 4.69) is 5.32 Å². The van der Waals surface area contributed by atoms with Crippen LogP contribution in [0.5, 0.6) is 0 Å². The van der Waals surface area contributed by atoms with Gasteiger partial charge in [0.05, 0.1) is 12.0 Å². The van der Waals surface area contributed by atoms with Crippen molar-refractivity contribution in [2.45, 2.75) is 56.9 Å². The Kier molecular flexibility index (Phi) is 7.27. The third-order valence-electron chi connectivity index (χ3n) is 4.31.